The smallest absolute Gasteiger partial charge is 0.272 e. The molecule has 1 amide bonds. The maximum atomic E-state index is 12.9. The van der Waals surface area contributed by atoms with Gasteiger partial charge in [0.05, 0.1) is 0 Å². The lowest BCUT2D eigenvalue weighted by Crippen LogP contribution is -2.19. The lowest BCUT2D eigenvalue weighted by atomic mass is 10.1. The van der Waals surface area contributed by atoms with Gasteiger partial charge in [-0.05, 0) is 62.6 Å². The quantitative estimate of drug-likeness (QED) is 0.715. The van der Waals surface area contributed by atoms with Crippen molar-refractivity contribution in [2.75, 3.05) is 5.32 Å². The molecule has 3 rings (SSSR count). The minimum atomic E-state index is -0.0664. The van der Waals surface area contributed by atoms with Crippen molar-refractivity contribution in [1.29, 1.82) is 0 Å². The van der Waals surface area contributed by atoms with Crippen molar-refractivity contribution in [1.82, 2.24) is 4.57 Å². The van der Waals surface area contributed by atoms with Crippen LogP contribution in [0.25, 0.3) is 0 Å². The molecule has 0 spiro atoms. The third kappa shape index (κ3) is 3.82. The maximum Gasteiger partial charge on any atom is 0.272 e. The molecule has 0 aliphatic carbocycles. The minimum Gasteiger partial charge on any atom is -0.336 e. The van der Waals surface area contributed by atoms with E-state index in [-0.39, 0.29) is 5.91 Å². The Morgan fingerprint density at radius 3 is 2.32 bits per heavy atom. The highest BCUT2D eigenvalue weighted by atomic mass is 16.2. The molecular weight excluding hydrogens is 308 g/mol. The molecule has 25 heavy (non-hydrogen) atoms. The molecule has 0 unspecified atom stereocenters. The first-order valence-electron chi connectivity index (χ1n) is 8.54. The third-order valence-corrected chi connectivity index (χ3v) is 4.45. The van der Waals surface area contributed by atoms with Gasteiger partial charge in [0.25, 0.3) is 5.91 Å². The lowest BCUT2D eigenvalue weighted by molar-refractivity contribution is 0.101. The second-order valence-electron chi connectivity index (χ2n) is 6.71. The Kier molecular flexibility index (Phi) is 4.75. The molecule has 1 aromatic heterocycles. The number of carbonyl (C=O) groups excluding carboxylic acids is 1. The van der Waals surface area contributed by atoms with Crippen LogP contribution in [0.5, 0.6) is 0 Å². The number of aryl methyl sites for hydroxylation is 4. The number of aromatic nitrogens is 1. The molecule has 0 aliphatic heterocycles. The van der Waals surface area contributed by atoms with Gasteiger partial charge < -0.3 is 9.88 Å². The summed E-state index contributed by atoms with van der Waals surface area (Å²) in [4.78, 5) is 12.9. The zero-order valence-corrected chi connectivity index (χ0v) is 15.3. The highest BCUT2D eigenvalue weighted by Crippen LogP contribution is 2.20. The number of nitrogens with zero attached hydrogens (tertiary/aromatic N) is 1. The Labute approximate surface area is 149 Å². The van der Waals surface area contributed by atoms with Gasteiger partial charge in [-0.2, -0.15) is 0 Å². The first-order valence-corrected chi connectivity index (χ1v) is 8.54. The molecule has 0 atom stereocenters. The summed E-state index contributed by atoms with van der Waals surface area (Å²) in [5.74, 6) is -0.0664. The molecule has 0 radical (unpaired) electrons. The first-order chi connectivity index (χ1) is 11.9. The molecular formula is C22H24N2O. The zero-order chi connectivity index (χ0) is 18.0. The van der Waals surface area contributed by atoms with Crippen LogP contribution in [0.2, 0.25) is 0 Å². The number of amides is 1. The maximum absolute atomic E-state index is 12.9. The van der Waals surface area contributed by atoms with Crippen molar-refractivity contribution < 1.29 is 4.79 Å². The second kappa shape index (κ2) is 6.98. The molecule has 0 aliphatic rings. The fourth-order valence-electron chi connectivity index (χ4n) is 3.14. The summed E-state index contributed by atoms with van der Waals surface area (Å²) in [7, 11) is 0. The molecule has 2 aromatic carbocycles. The number of carbonyl (C=O) groups is 1. The SMILES string of the molecule is Cc1ccc(Cn2c(C)cc(C)c2C(=O)Nc2cccc(C)c2)cc1. The predicted molar refractivity (Wildman–Crippen MR) is 103 cm³/mol. The van der Waals surface area contributed by atoms with Crippen molar-refractivity contribution in [2.45, 2.75) is 34.2 Å². The van der Waals surface area contributed by atoms with Crippen LogP contribution in [0.1, 0.15) is 38.4 Å². The summed E-state index contributed by atoms with van der Waals surface area (Å²) >= 11 is 0. The summed E-state index contributed by atoms with van der Waals surface area (Å²) in [5.41, 5.74) is 7.18. The normalized spacial score (nSPS) is 10.7. The highest BCUT2D eigenvalue weighted by Gasteiger charge is 2.17. The topological polar surface area (TPSA) is 34.0 Å². The third-order valence-electron chi connectivity index (χ3n) is 4.45. The average Bonchev–Trinajstić information content (AvgIpc) is 2.83. The summed E-state index contributed by atoms with van der Waals surface area (Å²) < 4.78 is 2.09. The Bertz CT molecular complexity index is 904. The Hall–Kier alpha value is -2.81. The number of hydrogen-bond acceptors (Lipinski definition) is 1. The van der Waals surface area contributed by atoms with E-state index in [0.717, 1.165) is 28.2 Å². The van der Waals surface area contributed by atoms with Gasteiger partial charge in [-0.25, -0.2) is 0 Å². The standard InChI is InChI=1S/C22H24N2O/c1-15-8-10-19(11-9-15)14-24-18(4)13-17(3)21(24)22(25)23-20-7-5-6-16(2)12-20/h5-13H,14H2,1-4H3,(H,23,25). The van der Waals surface area contributed by atoms with Crippen LogP contribution in [0.3, 0.4) is 0 Å². The van der Waals surface area contributed by atoms with E-state index in [9.17, 15) is 4.79 Å². The van der Waals surface area contributed by atoms with Gasteiger partial charge in [-0.15, -0.1) is 0 Å². The molecule has 1 heterocycles. The molecule has 0 fully saturated rings. The number of anilines is 1. The Morgan fingerprint density at radius 2 is 1.64 bits per heavy atom. The van der Waals surface area contributed by atoms with E-state index >= 15 is 0 Å². The highest BCUT2D eigenvalue weighted by molar-refractivity contribution is 6.04. The molecule has 0 saturated heterocycles. The van der Waals surface area contributed by atoms with Crippen LogP contribution in [0, 0.1) is 27.7 Å². The second-order valence-corrected chi connectivity index (χ2v) is 6.71. The summed E-state index contributed by atoms with van der Waals surface area (Å²) in [5, 5.41) is 3.03. The van der Waals surface area contributed by atoms with Gasteiger partial charge in [0.15, 0.2) is 0 Å². The van der Waals surface area contributed by atoms with Crippen LogP contribution in [0.15, 0.2) is 54.6 Å². The van der Waals surface area contributed by atoms with Crippen molar-refractivity contribution in [2.24, 2.45) is 0 Å². The Morgan fingerprint density at radius 1 is 0.920 bits per heavy atom. The summed E-state index contributed by atoms with van der Waals surface area (Å²) in [6, 6.07) is 18.4. The number of benzene rings is 2. The van der Waals surface area contributed by atoms with Crippen molar-refractivity contribution in [3.63, 3.8) is 0 Å². The van der Waals surface area contributed by atoms with E-state index < -0.39 is 0 Å². The van der Waals surface area contributed by atoms with Crippen LogP contribution >= 0.6 is 0 Å². The number of nitrogens with one attached hydrogen (secondary N) is 1. The predicted octanol–water partition coefficient (Wildman–Crippen LogP) is 5.02. The fourth-order valence-corrected chi connectivity index (χ4v) is 3.14. The molecule has 3 aromatic rings. The van der Waals surface area contributed by atoms with E-state index in [4.69, 9.17) is 0 Å². The first kappa shape index (κ1) is 17.0. The van der Waals surface area contributed by atoms with E-state index in [1.165, 1.54) is 11.1 Å². The molecule has 0 bridgehead atoms. The molecule has 128 valence electrons. The minimum absolute atomic E-state index is 0.0664. The monoisotopic (exact) mass is 332 g/mol. The van der Waals surface area contributed by atoms with Crippen LogP contribution in [0.4, 0.5) is 5.69 Å². The van der Waals surface area contributed by atoms with E-state index in [1.54, 1.807) is 0 Å². The number of hydrogen-bond donors (Lipinski definition) is 1. The van der Waals surface area contributed by atoms with Crippen LogP contribution in [-0.4, -0.2) is 10.5 Å². The molecule has 3 heteroatoms. The van der Waals surface area contributed by atoms with Gasteiger partial charge in [-0.3, -0.25) is 4.79 Å². The lowest BCUT2D eigenvalue weighted by Gasteiger charge is -2.13. The van der Waals surface area contributed by atoms with Crippen LogP contribution in [-0.2, 0) is 6.54 Å². The average molecular weight is 332 g/mol. The fraction of sp³-hybridized carbons (Fsp3) is 0.227. The van der Waals surface area contributed by atoms with E-state index in [2.05, 4.69) is 47.1 Å². The summed E-state index contributed by atoms with van der Waals surface area (Å²) in [6.45, 7) is 8.83. The van der Waals surface area contributed by atoms with Crippen molar-refractivity contribution in [3.8, 4) is 0 Å². The zero-order valence-electron chi connectivity index (χ0n) is 15.3. The van der Waals surface area contributed by atoms with Crippen molar-refractivity contribution >= 4 is 11.6 Å². The van der Waals surface area contributed by atoms with E-state index in [0.29, 0.717) is 6.54 Å². The van der Waals surface area contributed by atoms with Gasteiger partial charge in [0.2, 0.25) is 0 Å². The Balaban J connectivity index is 1.90. The largest absolute Gasteiger partial charge is 0.336 e. The van der Waals surface area contributed by atoms with Crippen LogP contribution < -0.4 is 5.32 Å². The number of rotatable bonds is 4. The molecule has 0 saturated carbocycles. The van der Waals surface area contributed by atoms with Gasteiger partial charge >= 0.3 is 0 Å². The van der Waals surface area contributed by atoms with Gasteiger partial charge in [0, 0.05) is 17.9 Å². The molecule has 3 nitrogen and oxygen atoms in total. The van der Waals surface area contributed by atoms with Crippen molar-refractivity contribution in [3.05, 3.63) is 88.2 Å². The summed E-state index contributed by atoms with van der Waals surface area (Å²) in [6.07, 6.45) is 0. The van der Waals surface area contributed by atoms with Gasteiger partial charge in [-0.1, -0.05) is 42.0 Å². The molecule has 1 N–H and O–H groups in total. The van der Waals surface area contributed by atoms with E-state index in [1.807, 2.05) is 45.0 Å². The van der Waals surface area contributed by atoms with Gasteiger partial charge in [0.1, 0.15) is 5.69 Å².